The Kier molecular flexibility index (Phi) is 5.70. The highest BCUT2D eigenvalue weighted by molar-refractivity contribution is 5.67. The lowest BCUT2D eigenvalue weighted by molar-refractivity contribution is 0.0747. The predicted molar refractivity (Wildman–Crippen MR) is 80.7 cm³/mol. The molecule has 116 valence electrons. The van der Waals surface area contributed by atoms with Crippen LogP contribution in [0.3, 0.4) is 0 Å². The fourth-order valence-electron chi connectivity index (χ4n) is 3.67. The second-order valence-corrected chi connectivity index (χ2v) is 6.69. The summed E-state index contributed by atoms with van der Waals surface area (Å²) in [6.07, 6.45) is 6.22. The van der Waals surface area contributed by atoms with E-state index in [9.17, 15) is 4.79 Å². The molecule has 4 nitrogen and oxygen atoms in total. The standard InChI is InChI=1S/C16H30N2O2/c1-4-20-16(19)17-14-9-13(12(2)3)10-18(11-14)15-7-5-6-8-15/h12-15H,4-11H2,1-3H3,(H,17,19). The molecule has 1 aliphatic carbocycles. The molecule has 1 N–H and O–H groups in total. The summed E-state index contributed by atoms with van der Waals surface area (Å²) in [7, 11) is 0. The van der Waals surface area contributed by atoms with Crippen molar-refractivity contribution in [1.29, 1.82) is 0 Å². The van der Waals surface area contributed by atoms with Crippen molar-refractivity contribution in [1.82, 2.24) is 10.2 Å². The molecule has 0 bridgehead atoms. The number of likely N-dealkylation sites (tertiary alicyclic amines) is 1. The van der Waals surface area contributed by atoms with Crippen LogP contribution in [0.2, 0.25) is 0 Å². The van der Waals surface area contributed by atoms with Crippen molar-refractivity contribution < 1.29 is 9.53 Å². The van der Waals surface area contributed by atoms with Gasteiger partial charge < -0.3 is 10.1 Å². The molecule has 0 aromatic heterocycles. The minimum atomic E-state index is -0.256. The second-order valence-electron chi connectivity index (χ2n) is 6.69. The lowest BCUT2D eigenvalue weighted by Gasteiger charge is -2.42. The van der Waals surface area contributed by atoms with Crippen LogP contribution in [0.25, 0.3) is 0 Å². The molecule has 0 aromatic carbocycles. The van der Waals surface area contributed by atoms with E-state index in [0.29, 0.717) is 18.4 Å². The SMILES string of the molecule is CCOC(=O)NC1CC(C(C)C)CN(C2CCCC2)C1. The third kappa shape index (κ3) is 4.11. The van der Waals surface area contributed by atoms with Gasteiger partial charge in [0.2, 0.25) is 0 Å². The second kappa shape index (κ2) is 7.30. The zero-order valence-corrected chi connectivity index (χ0v) is 13.2. The van der Waals surface area contributed by atoms with E-state index in [1.165, 1.54) is 32.2 Å². The first-order chi connectivity index (χ1) is 9.60. The van der Waals surface area contributed by atoms with Crippen LogP contribution < -0.4 is 5.32 Å². The van der Waals surface area contributed by atoms with Gasteiger partial charge in [-0.3, -0.25) is 4.90 Å². The minimum Gasteiger partial charge on any atom is -0.450 e. The van der Waals surface area contributed by atoms with Gasteiger partial charge in [0.05, 0.1) is 6.61 Å². The van der Waals surface area contributed by atoms with Crippen molar-refractivity contribution in [3.05, 3.63) is 0 Å². The Balaban J connectivity index is 1.94. The van der Waals surface area contributed by atoms with Gasteiger partial charge in [0.1, 0.15) is 0 Å². The molecule has 1 heterocycles. The van der Waals surface area contributed by atoms with Crippen LogP contribution >= 0.6 is 0 Å². The quantitative estimate of drug-likeness (QED) is 0.862. The average molecular weight is 282 g/mol. The van der Waals surface area contributed by atoms with Crippen molar-refractivity contribution in [2.24, 2.45) is 11.8 Å². The zero-order valence-electron chi connectivity index (χ0n) is 13.2. The zero-order chi connectivity index (χ0) is 14.5. The molecule has 2 fully saturated rings. The Morgan fingerprint density at radius 1 is 1.30 bits per heavy atom. The minimum absolute atomic E-state index is 0.246. The van der Waals surface area contributed by atoms with Crippen LogP contribution in [0.15, 0.2) is 0 Å². The summed E-state index contributed by atoms with van der Waals surface area (Å²) in [4.78, 5) is 14.3. The van der Waals surface area contributed by atoms with Crippen LogP contribution in [-0.4, -0.2) is 42.8 Å². The smallest absolute Gasteiger partial charge is 0.407 e. The van der Waals surface area contributed by atoms with E-state index in [4.69, 9.17) is 4.74 Å². The van der Waals surface area contributed by atoms with E-state index in [1.807, 2.05) is 6.92 Å². The Labute approximate surface area is 123 Å². The van der Waals surface area contributed by atoms with Gasteiger partial charge in [-0.15, -0.1) is 0 Å². The van der Waals surface area contributed by atoms with Crippen LogP contribution in [0.5, 0.6) is 0 Å². The molecule has 1 saturated carbocycles. The first-order valence-electron chi connectivity index (χ1n) is 8.27. The molecule has 0 aromatic rings. The number of carbonyl (C=O) groups is 1. The number of rotatable bonds is 4. The van der Waals surface area contributed by atoms with E-state index in [0.717, 1.165) is 19.0 Å². The Bertz CT molecular complexity index is 314. The fourth-order valence-corrected chi connectivity index (χ4v) is 3.67. The third-order valence-corrected chi connectivity index (χ3v) is 4.89. The number of ether oxygens (including phenoxy) is 1. The van der Waals surface area contributed by atoms with Gasteiger partial charge in [0.25, 0.3) is 0 Å². The fraction of sp³-hybridized carbons (Fsp3) is 0.938. The van der Waals surface area contributed by atoms with Crippen LogP contribution in [0.4, 0.5) is 4.79 Å². The van der Waals surface area contributed by atoms with Crippen LogP contribution in [0.1, 0.15) is 52.9 Å². The van der Waals surface area contributed by atoms with E-state index < -0.39 is 0 Å². The van der Waals surface area contributed by atoms with Gasteiger partial charge in [-0.2, -0.15) is 0 Å². The molecule has 1 saturated heterocycles. The van der Waals surface area contributed by atoms with Gasteiger partial charge in [-0.25, -0.2) is 4.79 Å². The highest BCUT2D eigenvalue weighted by Crippen LogP contribution is 2.30. The number of nitrogens with zero attached hydrogens (tertiary/aromatic N) is 1. The average Bonchev–Trinajstić information content (AvgIpc) is 2.92. The Morgan fingerprint density at radius 2 is 2.00 bits per heavy atom. The maximum absolute atomic E-state index is 11.7. The van der Waals surface area contributed by atoms with Crippen molar-refractivity contribution in [2.75, 3.05) is 19.7 Å². The van der Waals surface area contributed by atoms with E-state index in [-0.39, 0.29) is 12.1 Å². The Morgan fingerprint density at radius 3 is 2.60 bits per heavy atom. The molecular formula is C16H30N2O2. The lowest BCUT2D eigenvalue weighted by atomic mass is 9.85. The molecule has 1 amide bonds. The number of hydrogen-bond donors (Lipinski definition) is 1. The number of nitrogens with one attached hydrogen (secondary N) is 1. The molecule has 2 rings (SSSR count). The topological polar surface area (TPSA) is 41.6 Å². The van der Waals surface area contributed by atoms with Crippen LogP contribution in [-0.2, 0) is 4.74 Å². The van der Waals surface area contributed by atoms with E-state index in [2.05, 4.69) is 24.1 Å². The first-order valence-corrected chi connectivity index (χ1v) is 8.27. The lowest BCUT2D eigenvalue weighted by Crippen LogP contribution is -2.54. The molecular weight excluding hydrogens is 252 g/mol. The molecule has 2 unspecified atom stereocenters. The number of hydrogen-bond acceptors (Lipinski definition) is 3. The Hall–Kier alpha value is -0.770. The highest BCUT2D eigenvalue weighted by atomic mass is 16.5. The molecule has 2 atom stereocenters. The normalized spacial score (nSPS) is 28.8. The van der Waals surface area contributed by atoms with Crippen molar-refractivity contribution >= 4 is 6.09 Å². The van der Waals surface area contributed by atoms with Gasteiger partial charge in [0, 0.05) is 25.2 Å². The van der Waals surface area contributed by atoms with E-state index in [1.54, 1.807) is 0 Å². The molecule has 2 aliphatic rings. The van der Waals surface area contributed by atoms with Crippen molar-refractivity contribution in [3.63, 3.8) is 0 Å². The summed E-state index contributed by atoms with van der Waals surface area (Å²) in [5.74, 6) is 1.35. The first kappa shape index (κ1) is 15.6. The van der Waals surface area contributed by atoms with Crippen molar-refractivity contribution in [2.45, 2.75) is 65.0 Å². The molecule has 20 heavy (non-hydrogen) atoms. The van der Waals surface area contributed by atoms with Gasteiger partial charge in [-0.1, -0.05) is 26.7 Å². The third-order valence-electron chi connectivity index (χ3n) is 4.89. The largest absolute Gasteiger partial charge is 0.450 e. The summed E-state index contributed by atoms with van der Waals surface area (Å²) in [6.45, 7) is 9.07. The summed E-state index contributed by atoms with van der Waals surface area (Å²) in [5.41, 5.74) is 0. The number of amides is 1. The summed E-state index contributed by atoms with van der Waals surface area (Å²) in [6, 6.07) is 0.985. The van der Waals surface area contributed by atoms with Gasteiger partial charge in [0.15, 0.2) is 0 Å². The molecule has 0 radical (unpaired) electrons. The number of alkyl carbamates (subject to hydrolysis) is 1. The molecule has 0 spiro atoms. The highest BCUT2D eigenvalue weighted by Gasteiger charge is 2.34. The summed E-state index contributed by atoms with van der Waals surface area (Å²) < 4.78 is 5.03. The molecule has 1 aliphatic heterocycles. The van der Waals surface area contributed by atoms with Gasteiger partial charge >= 0.3 is 6.09 Å². The maximum Gasteiger partial charge on any atom is 0.407 e. The van der Waals surface area contributed by atoms with Gasteiger partial charge in [-0.05, 0) is 38.0 Å². The van der Waals surface area contributed by atoms with Crippen molar-refractivity contribution in [3.8, 4) is 0 Å². The summed E-state index contributed by atoms with van der Waals surface area (Å²) >= 11 is 0. The number of piperidine rings is 1. The van der Waals surface area contributed by atoms with Crippen LogP contribution in [0, 0.1) is 11.8 Å². The predicted octanol–water partition coefficient (Wildman–Crippen LogP) is 3.02. The van der Waals surface area contributed by atoms with E-state index >= 15 is 0 Å². The summed E-state index contributed by atoms with van der Waals surface area (Å²) in [5, 5.41) is 3.06. The maximum atomic E-state index is 11.7. The molecule has 4 heteroatoms. The number of carbonyl (C=O) groups excluding carboxylic acids is 1. The monoisotopic (exact) mass is 282 g/mol.